The third-order valence-electron chi connectivity index (χ3n) is 5.75. The predicted octanol–water partition coefficient (Wildman–Crippen LogP) is 4.22. The van der Waals surface area contributed by atoms with Gasteiger partial charge in [0.15, 0.2) is 9.84 Å². The maximum Gasteiger partial charge on any atom is 0.223 e. The third-order valence-corrected chi connectivity index (χ3v) is 7.24. The monoisotopic (exact) mass is 448 g/mol. The molecule has 7 heteroatoms. The van der Waals surface area contributed by atoms with Gasteiger partial charge in [-0.15, -0.1) is 0 Å². The fourth-order valence-corrected chi connectivity index (χ4v) is 4.70. The Hall–Kier alpha value is -1.89. The van der Waals surface area contributed by atoms with Crippen LogP contribution in [0.3, 0.4) is 0 Å². The van der Waals surface area contributed by atoms with Crippen molar-refractivity contribution in [2.45, 2.75) is 43.7 Å². The Morgan fingerprint density at radius 3 is 2.33 bits per heavy atom. The standard InChI is InChI=1S/C23H29ClN2O3S/c1-3-22(17-8-10-20(11-9-17)30(2,28)29)25-23(27)18-12-14-26(15-13-18)16-19-6-4-5-7-21(19)24/h4-11,18,22H,3,12-16H2,1-2H3,(H,25,27)/t22-/m0/s1. The molecule has 2 aromatic carbocycles. The van der Waals surface area contributed by atoms with Gasteiger partial charge in [0.05, 0.1) is 10.9 Å². The normalized spacial score (nSPS) is 16.9. The van der Waals surface area contributed by atoms with E-state index < -0.39 is 9.84 Å². The van der Waals surface area contributed by atoms with Gasteiger partial charge in [0.1, 0.15) is 0 Å². The summed E-state index contributed by atoms with van der Waals surface area (Å²) in [6, 6.07) is 14.5. The van der Waals surface area contributed by atoms with Crippen LogP contribution in [0.25, 0.3) is 0 Å². The lowest BCUT2D eigenvalue weighted by Crippen LogP contribution is -2.41. The first-order valence-corrected chi connectivity index (χ1v) is 12.6. The third kappa shape index (κ3) is 5.84. The number of amides is 1. The Bertz CT molecular complexity index is 968. The van der Waals surface area contributed by atoms with Crippen LogP contribution < -0.4 is 5.32 Å². The molecule has 0 unspecified atom stereocenters. The molecule has 0 aliphatic carbocycles. The van der Waals surface area contributed by atoms with E-state index in [2.05, 4.69) is 10.2 Å². The molecule has 1 aliphatic heterocycles. The van der Waals surface area contributed by atoms with Gasteiger partial charge >= 0.3 is 0 Å². The summed E-state index contributed by atoms with van der Waals surface area (Å²) in [5.41, 5.74) is 2.04. The van der Waals surface area contributed by atoms with E-state index in [0.29, 0.717) is 4.90 Å². The minimum atomic E-state index is -3.22. The molecule has 3 rings (SSSR count). The number of halogens is 1. The zero-order valence-electron chi connectivity index (χ0n) is 17.5. The molecule has 162 valence electrons. The molecule has 30 heavy (non-hydrogen) atoms. The largest absolute Gasteiger partial charge is 0.349 e. The summed E-state index contributed by atoms with van der Waals surface area (Å²) in [7, 11) is -3.22. The Balaban J connectivity index is 1.55. The van der Waals surface area contributed by atoms with Gasteiger partial charge in [0.2, 0.25) is 5.91 Å². The van der Waals surface area contributed by atoms with Crippen molar-refractivity contribution >= 4 is 27.3 Å². The van der Waals surface area contributed by atoms with E-state index in [4.69, 9.17) is 11.6 Å². The zero-order valence-corrected chi connectivity index (χ0v) is 19.0. The molecule has 1 amide bonds. The summed E-state index contributed by atoms with van der Waals surface area (Å²) < 4.78 is 23.3. The summed E-state index contributed by atoms with van der Waals surface area (Å²) >= 11 is 6.26. The predicted molar refractivity (Wildman–Crippen MR) is 120 cm³/mol. The lowest BCUT2D eigenvalue weighted by atomic mass is 9.94. The van der Waals surface area contributed by atoms with Gasteiger partial charge < -0.3 is 5.32 Å². The minimum Gasteiger partial charge on any atom is -0.349 e. The number of carbonyl (C=O) groups excluding carboxylic acids is 1. The number of sulfone groups is 1. The Morgan fingerprint density at radius 2 is 1.77 bits per heavy atom. The quantitative estimate of drug-likeness (QED) is 0.688. The van der Waals surface area contributed by atoms with E-state index in [0.717, 1.165) is 55.0 Å². The number of hydrogen-bond acceptors (Lipinski definition) is 4. The van der Waals surface area contributed by atoms with Crippen LogP contribution in [0.15, 0.2) is 53.4 Å². The lowest BCUT2D eigenvalue weighted by Gasteiger charge is -2.32. The number of rotatable bonds is 7. The molecule has 0 aromatic heterocycles. The zero-order chi connectivity index (χ0) is 21.7. The topological polar surface area (TPSA) is 66.5 Å². The minimum absolute atomic E-state index is 0.00293. The van der Waals surface area contributed by atoms with Crippen LogP contribution in [0.4, 0.5) is 0 Å². The van der Waals surface area contributed by atoms with Crippen molar-refractivity contribution < 1.29 is 13.2 Å². The maximum absolute atomic E-state index is 12.8. The number of piperidine rings is 1. The molecule has 1 aliphatic rings. The summed E-state index contributed by atoms with van der Waals surface area (Å²) in [5.74, 6) is 0.0725. The van der Waals surface area contributed by atoms with Crippen LogP contribution >= 0.6 is 11.6 Å². The first-order valence-electron chi connectivity index (χ1n) is 10.3. The summed E-state index contributed by atoms with van der Waals surface area (Å²) in [6.07, 6.45) is 3.58. The van der Waals surface area contributed by atoms with Crippen LogP contribution in [0, 0.1) is 5.92 Å². The van der Waals surface area contributed by atoms with E-state index in [1.54, 1.807) is 24.3 Å². The molecule has 1 N–H and O–H groups in total. The van der Waals surface area contributed by atoms with E-state index in [9.17, 15) is 13.2 Å². The highest BCUT2D eigenvalue weighted by molar-refractivity contribution is 7.90. The van der Waals surface area contributed by atoms with Crippen LogP contribution in [-0.2, 0) is 21.2 Å². The molecule has 1 saturated heterocycles. The Kier molecular flexibility index (Phi) is 7.55. The summed E-state index contributed by atoms with van der Waals surface area (Å²) in [6.45, 7) is 4.55. The number of benzene rings is 2. The molecule has 1 fully saturated rings. The van der Waals surface area contributed by atoms with Crippen molar-refractivity contribution in [2.75, 3.05) is 19.3 Å². The first kappa shape index (κ1) is 22.8. The van der Waals surface area contributed by atoms with Gasteiger partial charge in [-0.3, -0.25) is 9.69 Å². The first-order chi connectivity index (χ1) is 14.3. The molecule has 1 heterocycles. The van der Waals surface area contributed by atoms with E-state index in [1.165, 1.54) is 6.26 Å². The van der Waals surface area contributed by atoms with Crippen molar-refractivity contribution in [3.8, 4) is 0 Å². The maximum atomic E-state index is 12.8. The smallest absolute Gasteiger partial charge is 0.223 e. The molecule has 1 atom stereocenters. The van der Waals surface area contributed by atoms with Crippen molar-refractivity contribution in [1.29, 1.82) is 0 Å². The van der Waals surface area contributed by atoms with Crippen LogP contribution in [-0.4, -0.2) is 38.6 Å². The van der Waals surface area contributed by atoms with Crippen LogP contribution in [0.2, 0.25) is 5.02 Å². The number of likely N-dealkylation sites (tertiary alicyclic amines) is 1. The van der Waals surface area contributed by atoms with Gasteiger partial charge in [-0.1, -0.05) is 48.9 Å². The molecule has 0 radical (unpaired) electrons. The summed E-state index contributed by atoms with van der Waals surface area (Å²) in [4.78, 5) is 15.5. The van der Waals surface area contributed by atoms with Crippen molar-refractivity contribution in [1.82, 2.24) is 10.2 Å². The number of nitrogens with zero attached hydrogens (tertiary/aromatic N) is 1. The molecule has 2 aromatic rings. The van der Waals surface area contributed by atoms with Gasteiger partial charge in [0, 0.05) is 23.7 Å². The number of nitrogens with one attached hydrogen (secondary N) is 1. The Morgan fingerprint density at radius 1 is 1.13 bits per heavy atom. The summed E-state index contributed by atoms with van der Waals surface area (Å²) in [5, 5.41) is 3.94. The van der Waals surface area contributed by atoms with Crippen molar-refractivity contribution in [3.63, 3.8) is 0 Å². The molecule has 0 saturated carbocycles. The number of hydrogen-bond donors (Lipinski definition) is 1. The molecular formula is C23H29ClN2O3S. The SMILES string of the molecule is CC[C@H](NC(=O)C1CCN(Cc2ccccc2Cl)CC1)c1ccc(S(C)(=O)=O)cc1. The van der Waals surface area contributed by atoms with Gasteiger partial charge in [-0.25, -0.2) is 8.42 Å². The van der Waals surface area contributed by atoms with Gasteiger partial charge in [-0.2, -0.15) is 0 Å². The average molecular weight is 449 g/mol. The van der Waals surface area contributed by atoms with Gasteiger partial charge in [0.25, 0.3) is 0 Å². The van der Waals surface area contributed by atoms with E-state index in [-0.39, 0.29) is 17.9 Å². The second kappa shape index (κ2) is 9.94. The highest BCUT2D eigenvalue weighted by Crippen LogP contribution is 2.24. The number of carbonyl (C=O) groups is 1. The molecule has 0 bridgehead atoms. The molecular weight excluding hydrogens is 420 g/mol. The van der Waals surface area contributed by atoms with Crippen molar-refractivity contribution in [2.24, 2.45) is 5.92 Å². The molecule has 5 nitrogen and oxygen atoms in total. The molecule has 0 spiro atoms. The van der Waals surface area contributed by atoms with Gasteiger partial charge in [-0.05, 0) is 61.7 Å². The highest BCUT2D eigenvalue weighted by Gasteiger charge is 2.27. The lowest BCUT2D eigenvalue weighted by molar-refractivity contribution is -0.127. The fourth-order valence-electron chi connectivity index (χ4n) is 3.88. The van der Waals surface area contributed by atoms with E-state index in [1.807, 2.05) is 31.2 Å². The van der Waals surface area contributed by atoms with Crippen LogP contribution in [0.5, 0.6) is 0 Å². The van der Waals surface area contributed by atoms with E-state index >= 15 is 0 Å². The van der Waals surface area contributed by atoms with Crippen LogP contribution in [0.1, 0.15) is 43.4 Å². The second-order valence-corrected chi connectivity index (χ2v) is 10.4. The average Bonchev–Trinajstić information content (AvgIpc) is 2.73. The second-order valence-electron chi connectivity index (χ2n) is 7.95. The Labute approximate surface area is 184 Å². The fraction of sp³-hybridized carbons (Fsp3) is 0.435. The highest BCUT2D eigenvalue weighted by atomic mass is 35.5. The van der Waals surface area contributed by atoms with Crippen molar-refractivity contribution in [3.05, 3.63) is 64.7 Å².